The summed E-state index contributed by atoms with van der Waals surface area (Å²) in [5.74, 6) is 0.363. The van der Waals surface area contributed by atoms with Gasteiger partial charge in [-0.2, -0.15) is 0 Å². The van der Waals surface area contributed by atoms with E-state index in [0.29, 0.717) is 12.5 Å². The first kappa shape index (κ1) is 14.8. The maximum absolute atomic E-state index is 12.1. The van der Waals surface area contributed by atoms with Crippen LogP contribution in [0.5, 0.6) is 0 Å². The molecule has 0 aromatic carbocycles. The molecule has 1 N–H and O–H groups in total. The molecule has 1 saturated heterocycles. The lowest BCUT2D eigenvalue weighted by atomic mass is 9.84. The average Bonchev–Trinajstić information content (AvgIpc) is 2.94. The zero-order valence-electron chi connectivity index (χ0n) is 12.0. The third-order valence-corrected chi connectivity index (χ3v) is 4.25. The Bertz CT molecular complexity index is 271. The maximum Gasteiger partial charge on any atom is 0.323 e. The molecule has 0 aromatic heterocycles. The highest BCUT2D eigenvalue weighted by atomic mass is 16.5. The van der Waals surface area contributed by atoms with Crippen molar-refractivity contribution in [1.29, 1.82) is 0 Å². The van der Waals surface area contributed by atoms with Gasteiger partial charge < -0.3 is 14.8 Å². The minimum atomic E-state index is -0.135. The number of carbonyl (C=O) groups excluding carboxylic acids is 1. The van der Waals surface area contributed by atoms with E-state index in [4.69, 9.17) is 9.47 Å². The smallest absolute Gasteiger partial charge is 0.323 e. The first-order valence-electron chi connectivity index (χ1n) is 7.83. The Morgan fingerprint density at radius 3 is 2.68 bits per heavy atom. The summed E-state index contributed by atoms with van der Waals surface area (Å²) in [6.45, 7) is 3.97. The minimum absolute atomic E-state index is 0.0765. The van der Waals surface area contributed by atoms with E-state index in [2.05, 4.69) is 5.32 Å². The summed E-state index contributed by atoms with van der Waals surface area (Å²) >= 11 is 0. The summed E-state index contributed by atoms with van der Waals surface area (Å²) in [6, 6.07) is -0.135. The number of ether oxygens (including phenoxy) is 2. The first-order chi connectivity index (χ1) is 9.31. The van der Waals surface area contributed by atoms with Gasteiger partial charge in [0.25, 0.3) is 0 Å². The van der Waals surface area contributed by atoms with Crippen molar-refractivity contribution in [2.45, 2.75) is 64.0 Å². The van der Waals surface area contributed by atoms with Crippen molar-refractivity contribution in [3.8, 4) is 0 Å². The molecule has 2 unspecified atom stereocenters. The Morgan fingerprint density at radius 1 is 1.26 bits per heavy atom. The monoisotopic (exact) mass is 269 g/mol. The second-order valence-electron chi connectivity index (χ2n) is 5.67. The van der Waals surface area contributed by atoms with Crippen molar-refractivity contribution >= 4 is 5.97 Å². The van der Waals surface area contributed by atoms with E-state index in [0.717, 1.165) is 38.8 Å². The van der Waals surface area contributed by atoms with Gasteiger partial charge in [0.1, 0.15) is 6.04 Å². The summed E-state index contributed by atoms with van der Waals surface area (Å²) in [6.07, 6.45) is 8.58. The zero-order valence-corrected chi connectivity index (χ0v) is 12.0. The van der Waals surface area contributed by atoms with Gasteiger partial charge in [-0.3, -0.25) is 4.79 Å². The molecule has 2 rings (SSSR count). The van der Waals surface area contributed by atoms with Crippen LogP contribution in [-0.4, -0.2) is 37.9 Å². The van der Waals surface area contributed by atoms with Crippen molar-refractivity contribution in [1.82, 2.24) is 5.32 Å². The Balaban J connectivity index is 1.86. The molecule has 1 saturated carbocycles. The standard InChI is InChI=1S/C15H27NO3/c1-2-18-15(17)14(12-7-4-3-5-8-12)16-11-13-9-6-10-19-13/h12-14,16H,2-11H2,1H3. The van der Waals surface area contributed by atoms with Crippen molar-refractivity contribution in [3.63, 3.8) is 0 Å². The maximum atomic E-state index is 12.1. The molecule has 0 amide bonds. The van der Waals surface area contributed by atoms with Gasteiger partial charge in [-0.15, -0.1) is 0 Å². The van der Waals surface area contributed by atoms with Crippen LogP contribution < -0.4 is 5.32 Å². The average molecular weight is 269 g/mol. The molecule has 2 atom stereocenters. The minimum Gasteiger partial charge on any atom is -0.465 e. The fourth-order valence-electron chi connectivity index (χ4n) is 3.21. The van der Waals surface area contributed by atoms with E-state index in [1.807, 2.05) is 6.92 Å². The lowest BCUT2D eigenvalue weighted by Crippen LogP contribution is -2.47. The molecule has 4 nitrogen and oxygen atoms in total. The topological polar surface area (TPSA) is 47.6 Å². The van der Waals surface area contributed by atoms with Crippen LogP contribution in [0.15, 0.2) is 0 Å². The highest BCUT2D eigenvalue weighted by Crippen LogP contribution is 2.27. The Kier molecular flexibility index (Phi) is 6.11. The van der Waals surface area contributed by atoms with Gasteiger partial charge in [0.05, 0.1) is 12.7 Å². The molecular formula is C15H27NO3. The van der Waals surface area contributed by atoms with Crippen LogP contribution in [0, 0.1) is 5.92 Å². The molecule has 2 fully saturated rings. The third kappa shape index (κ3) is 4.46. The highest BCUT2D eigenvalue weighted by Gasteiger charge is 2.31. The van der Waals surface area contributed by atoms with Crippen LogP contribution >= 0.6 is 0 Å². The van der Waals surface area contributed by atoms with Crippen molar-refractivity contribution in [2.24, 2.45) is 5.92 Å². The fourth-order valence-corrected chi connectivity index (χ4v) is 3.21. The normalized spacial score (nSPS) is 26.3. The summed E-state index contributed by atoms with van der Waals surface area (Å²) < 4.78 is 10.8. The number of nitrogens with one attached hydrogen (secondary N) is 1. The van der Waals surface area contributed by atoms with Crippen LogP contribution in [0.2, 0.25) is 0 Å². The van der Waals surface area contributed by atoms with Crippen molar-refractivity contribution in [3.05, 3.63) is 0 Å². The summed E-state index contributed by atoms with van der Waals surface area (Å²) in [5, 5.41) is 3.42. The second-order valence-corrected chi connectivity index (χ2v) is 5.67. The van der Waals surface area contributed by atoms with Crippen molar-refractivity contribution in [2.75, 3.05) is 19.8 Å². The fraction of sp³-hybridized carbons (Fsp3) is 0.933. The van der Waals surface area contributed by atoms with Gasteiger partial charge in [0, 0.05) is 13.2 Å². The quantitative estimate of drug-likeness (QED) is 0.751. The summed E-state index contributed by atoms with van der Waals surface area (Å²) in [5.41, 5.74) is 0. The number of esters is 1. The first-order valence-corrected chi connectivity index (χ1v) is 7.83. The molecule has 1 aliphatic carbocycles. The van der Waals surface area contributed by atoms with Crippen LogP contribution in [0.25, 0.3) is 0 Å². The van der Waals surface area contributed by atoms with Gasteiger partial charge in [0.15, 0.2) is 0 Å². The van der Waals surface area contributed by atoms with Gasteiger partial charge in [-0.1, -0.05) is 19.3 Å². The van der Waals surface area contributed by atoms with E-state index < -0.39 is 0 Å². The van der Waals surface area contributed by atoms with Gasteiger partial charge in [-0.05, 0) is 38.5 Å². The molecule has 19 heavy (non-hydrogen) atoms. The SMILES string of the molecule is CCOC(=O)C(NCC1CCCO1)C1CCCCC1. The zero-order chi connectivity index (χ0) is 13.5. The lowest BCUT2D eigenvalue weighted by molar-refractivity contribution is -0.147. The van der Waals surface area contributed by atoms with Crippen LogP contribution in [0.4, 0.5) is 0 Å². The Labute approximate surface area is 116 Å². The van der Waals surface area contributed by atoms with E-state index in [1.165, 1.54) is 19.3 Å². The Morgan fingerprint density at radius 2 is 2.05 bits per heavy atom. The van der Waals surface area contributed by atoms with Gasteiger partial charge in [-0.25, -0.2) is 0 Å². The molecule has 1 heterocycles. The van der Waals surface area contributed by atoms with E-state index >= 15 is 0 Å². The molecule has 2 aliphatic rings. The summed E-state index contributed by atoms with van der Waals surface area (Å²) in [4.78, 5) is 12.1. The predicted molar refractivity (Wildman–Crippen MR) is 74.0 cm³/mol. The molecule has 0 radical (unpaired) electrons. The second kappa shape index (κ2) is 7.85. The molecule has 1 aliphatic heterocycles. The van der Waals surface area contributed by atoms with E-state index in [1.54, 1.807) is 0 Å². The predicted octanol–water partition coefficient (Wildman–Crippen LogP) is 2.27. The van der Waals surface area contributed by atoms with E-state index in [9.17, 15) is 4.79 Å². The number of carbonyl (C=O) groups is 1. The Hall–Kier alpha value is -0.610. The molecule has 110 valence electrons. The number of rotatable bonds is 6. The molecular weight excluding hydrogens is 242 g/mol. The lowest BCUT2D eigenvalue weighted by Gasteiger charge is -2.30. The van der Waals surface area contributed by atoms with Crippen LogP contribution in [0.1, 0.15) is 51.9 Å². The van der Waals surface area contributed by atoms with E-state index in [-0.39, 0.29) is 18.1 Å². The van der Waals surface area contributed by atoms with Crippen LogP contribution in [-0.2, 0) is 14.3 Å². The van der Waals surface area contributed by atoms with Gasteiger partial charge in [0.2, 0.25) is 0 Å². The number of hydrogen-bond acceptors (Lipinski definition) is 4. The van der Waals surface area contributed by atoms with Crippen molar-refractivity contribution < 1.29 is 14.3 Å². The van der Waals surface area contributed by atoms with Crippen LogP contribution in [0.3, 0.4) is 0 Å². The highest BCUT2D eigenvalue weighted by molar-refractivity contribution is 5.76. The van der Waals surface area contributed by atoms with Gasteiger partial charge >= 0.3 is 5.97 Å². The third-order valence-electron chi connectivity index (χ3n) is 4.25. The largest absolute Gasteiger partial charge is 0.465 e. The molecule has 0 spiro atoms. The summed E-state index contributed by atoms with van der Waals surface area (Å²) in [7, 11) is 0. The molecule has 0 bridgehead atoms. The molecule has 0 aromatic rings. The number of hydrogen-bond donors (Lipinski definition) is 1. The molecule has 4 heteroatoms.